The molecule has 2 unspecified atom stereocenters. The minimum Gasteiger partial charge on any atom is -0.328 e. The standard InChI is InChI=1S/C19H22N4OS2/c1-4-26-19-21-18-20-14-9-11(2)10-15(24)16(14)17(23(18)22-19)12-5-7-13(25-3)8-6-12/h5-8,11,17H,4,9-10H2,1-3H3,(H,20,21,22). The summed E-state index contributed by atoms with van der Waals surface area (Å²) in [5.41, 5.74) is 2.95. The van der Waals surface area contributed by atoms with Gasteiger partial charge < -0.3 is 5.32 Å². The second kappa shape index (κ2) is 7.12. The maximum Gasteiger partial charge on any atom is 0.227 e. The quantitative estimate of drug-likeness (QED) is 0.787. The number of ketones is 1. The molecular formula is C19H22N4OS2. The largest absolute Gasteiger partial charge is 0.328 e. The van der Waals surface area contributed by atoms with E-state index in [1.165, 1.54) is 4.90 Å². The smallest absolute Gasteiger partial charge is 0.227 e. The zero-order valence-corrected chi connectivity index (χ0v) is 16.8. The van der Waals surface area contributed by atoms with Crippen LogP contribution in [0.25, 0.3) is 0 Å². The van der Waals surface area contributed by atoms with Crippen molar-refractivity contribution < 1.29 is 4.79 Å². The number of rotatable bonds is 4. The van der Waals surface area contributed by atoms with Gasteiger partial charge in [0.1, 0.15) is 6.04 Å². The number of carbonyl (C=O) groups is 1. The summed E-state index contributed by atoms with van der Waals surface area (Å²) in [5, 5.41) is 8.84. The van der Waals surface area contributed by atoms with Crippen molar-refractivity contribution in [3.63, 3.8) is 0 Å². The molecular weight excluding hydrogens is 364 g/mol. The summed E-state index contributed by atoms with van der Waals surface area (Å²) in [6.07, 6.45) is 3.54. The molecule has 2 atom stereocenters. The first-order valence-corrected chi connectivity index (χ1v) is 11.1. The molecule has 0 radical (unpaired) electrons. The Hall–Kier alpha value is -1.73. The number of Topliss-reactive ketones (excluding diaryl/α,β-unsaturated/α-hetero) is 1. The van der Waals surface area contributed by atoms with Crippen LogP contribution in [0.15, 0.2) is 45.6 Å². The highest BCUT2D eigenvalue weighted by atomic mass is 32.2. The topological polar surface area (TPSA) is 59.8 Å². The van der Waals surface area contributed by atoms with Crippen LogP contribution in [0.5, 0.6) is 0 Å². The molecule has 1 aromatic heterocycles. The summed E-state index contributed by atoms with van der Waals surface area (Å²) < 4.78 is 1.89. The Morgan fingerprint density at radius 2 is 2.04 bits per heavy atom. The zero-order chi connectivity index (χ0) is 18.3. The zero-order valence-electron chi connectivity index (χ0n) is 15.2. The molecule has 0 fully saturated rings. The number of fused-ring (bicyclic) bond motifs is 1. The summed E-state index contributed by atoms with van der Waals surface area (Å²) in [5.74, 6) is 2.23. The molecule has 0 saturated carbocycles. The molecule has 1 aromatic carbocycles. The van der Waals surface area contributed by atoms with Crippen molar-refractivity contribution in [2.24, 2.45) is 5.92 Å². The lowest BCUT2D eigenvalue weighted by molar-refractivity contribution is -0.117. The molecule has 4 rings (SSSR count). The molecule has 1 aliphatic heterocycles. The third-order valence-electron chi connectivity index (χ3n) is 4.81. The molecule has 7 heteroatoms. The van der Waals surface area contributed by atoms with Crippen molar-refractivity contribution in [2.45, 2.75) is 42.8 Å². The van der Waals surface area contributed by atoms with Crippen molar-refractivity contribution in [3.8, 4) is 0 Å². The van der Waals surface area contributed by atoms with Crippen molar-refractivity contribution in [3.05, 3.63) is 41.1 Å². The van der Waals surface area contributed by atoms with Crippen LogP contribution in [-0.4, -0.2) is 32.6 Å². The minimum absolute atomic E-state index is 0.198. The fourth-order valence-corrected chi connectivity index (χ4v) is 4.63. The van der Waals surface area contributed by atoms with Crippen LogP contribution in [0.1, 0.15) is 38.3 Å². The van der Waals surface area contributed by atoms with Gasteiger partial charge in [0.05, 0.1) is 0 Å². The fraction of sp³-hybridized carbons (Fsp3) is 0.421. The lowest BCUT2D eigenvalue weighted by Crippen LogP contribution is -2.33. The van der Waals surface area contributed by atoms with Crippen molar-refractivity contribution in [2.75, 3.05) is 17.3 Å². The van der Waals surface area contributed by atoms with Crippen LogP contribution in [0.4, 0.5) is 5.95 Å². The summed E-state index contributed by atoms with van der Waals surface area (Å²) in [6.45, 7) is 4.22. The van der Waals surface area contributed by atoms with Crippen LogP contribution in [0.3, 0.4) is 0 Å². The van der Waals surface area contributed by atoms with Gasteiger partial charge in [-0.25, -0.2) is 4.68 Å². The number of hydrogen-bond acceptors (Lipinski definition) is 6. The average Bonchev–Trinajstić information content (AvgIpc) is 3.02. The summed E-state index contributed by atoms with van der Waals surface area (Å²) in [4.78, 5) is 18.8. The lowest BCUT2D eigenvalue weighted by Gasteiger charge is -2.34. The van der Waals surface area contributed by atoms with E-state index in [9.17, 15) is 4.79 Å². The number of nitrogens with one attached hydrogen (secondary N) is 1. The Kier molecular flexibility index (Phi) is 4.84. The van der Waals surface area contributed by atoms with E-state index in [2.05, 4.69) is 54.7 Å². The van der Waals surface area contributed by atoms with Crippen LogP contribution < -0.4 is 5.32 Å². The second-order valence-electron chi connectivity index (χ2n) is 6.73. The van der Waals surface area contributed by atoms with Gasteiger partial charge >= 0.3 is 0 Å². The molecule has 136 valence electrons. The van der Waals surface area contributed by atoms with Gasteiger partial charge in [-0.1, -0.05) is 37.7 Å². The summed E-state index contributed by atoms with van der Waals surface area (Å²) >= 11 is 3.33. The van der Waals surface area contributed by atoms with Crippen molar-refractivity contribution in [1.82, 2.24) is 14.8 Å². The molecule has 0 spiro atoms. The second-order valence-corrected chi connectivity index (χ2v) is 8.84. The minimum atomic E-state index is -0.198. The van der Waals surface area contributed by atoms with Crippen LogP contribution in [0, 0.1) is 5.92 Å². The molecule has 1 aliphatic carbocycles. The monoisotopic (exact) mass is 386 g/mol. The van der Waals surface area contributed by atoms with Crippen LogP contribution in [0.2, 0.25) is 0 Å². The Bertz CT molecular complexity index is 872. The van der Waals surface area contributed by atoms with E-state index in [4.69, 9.17) is 5.10 Å². The lowest BCUT2D eigenvalue weighted by atomic mass is 9.81. The maximum atomic E-state index is 12.9. The summed E-state index contributed by atoms with van der Waals surface area (Å²) in [7, 11) is 0. The maximum absolute atomic E-state index is 12.9. The number of carbonyl (C=O) groups excluding carboxylic acids is 1. The van der Waals surface area contributed by atoms with Gasteiger partial charge in [-0.3, -0.25) is 4.79 Å². The van der Waals surface area contributed by atoms with Crippen molar-refractivity contribution >= 4 is 35.3 Å². The van der Waals surface area contributed by atoms with E-state index in [0.29, 0.717) is 12.3 Å². The Morgan fingerprint density at radius 1 is 1.27 bits per heavy atom. The molecule has 2 aromatic rings. The molecule has 26 heavy (non-hydrogen) atoms. The number of anilines is 1. The Morgan fingerprint density at radius 3 is 2.73 bits per heavy atom. The first-order valence-electron chi connectivity index (χ1n) is 8.87. The van der Waals surface area contributed by atoms with E-state index in [-0.39, 0.29) is 11.8 Å². The van der Waals surface area contributed by atoms with Gasteiger partial charge in [0.2, 0.25) is 11.1 Å². The van der Waals surface area contributed by atoms with Crippen molar-refractivity contribution in [1.29, 1.82) is 0 Å². The van der Waals surface area contributed by atoms with Gasteiger partial charge in [0, 0.05) is 22.6 Å². The van der Waals surface area contributed by atoms with E-state index >= 15 is 0 Å². The van der Waals surface area contributed by atoms with Gasteiger partial charge in [-0.05, 0) is 42.0 Å². The number of benzene rings is 1. The summed E-state index contributed by atoms with van der Waals surface area (Å²) in [6, 6.07) is 8.23. The van der Waals surface area contributed by atoms with E-state index in [1.54, 1.807) is 23.5 Å². The third-order valence-corrected chi connectivity index (χ3v) is 6.27. The molecule has 2 heterocycles. The Balaban J connectivity index is 1.84. The van der Waals surface area contributed by atoms with Gasteiger partial charge in [-0.2, -0.15) is 4.98 Å². The molecule has 1 N–H and O–H groups in total. The number of allylic oxidation sites excluding steroid dienone is 2. The fourth-order valence-electron chi connectivity index (χ4n) is 3.67. The SMILES string of the molecule is CCSc1nc2n(n1)C(c1ccc(SC)cc1)C1=C(CC(C)CC1=O)N2. The number of nitrogens with zero attached hydrogens (tertiary/aromatic N) is 3. The third kappa shape index (κ3) is 3.07. The molecule has 5 nitrogen and oxygen atoms in total. The molecule has 2 aliphatic rings. The normalized spacial score (nSPS) is 22.0. The number of thioether (sulfide) groups is 2. The van der Waals surface area contributed by atoms with E-state index in [0.717, 1.165) is 40.1 Å². The van der Waals surface area contributed by atoms with Gasteiger partial charge in [0.25, 0.3) is 0 Å². The average molecular weight is 387 g/mol. The number of aromatic nitrogens is 3. The molecule has 0 bridgehead atoms. The highest BCUT2D eigenvalue weighted by molar-refractivity contribution is 7.99. The van der Waals surface area contributed by atoms with E-state index < -0.39 is 0 Å². The number of hydrogen-bond donors (Lipinski definition) is 1. The van der Waals surface area contributed by atoms with Gasteiger partial charge in [0.15, 0.2) is 5.78 Å². The van der Waals surface area contributed by atoms with Gasteiger partial charge in [-0.15, -0.1) is 16.9 Å². The molecule has 0 amide bonds. The predicted octanol–water partition coefficient (Wildman–Crippen LogP) is 4.38. The highest BCUT2D eigenvalue weighted by Crippen LogP contribution is 2.42. The van der Waals surface area contributed by atoms with E-state index in [1.807, 2.05) is 4.68 Å². The Labute approximate surface area is 162 Å². The first kappa shape index (κ1) is 17.7. The first-order chi connectivity index (χ1) is 12.6. The highest BCUT2D eigenvalue weighted by Gasteiger charge is 2.38. The van der Waals surface area contributed by atoms with Crippen LogP contribution >= 0.6 is 23.5 Å². The van der Waals surface area contributed by atoms with Crippen LogP contribution in [-0.2, 0) is 4.79 Å². The molecule has 0 saturated heterocycles. The predicted molar refractivity (Wildman–Crippen MR) is 107 cm³/mol.